The molecule has 0 radical (unpaired) electrons. The second-order valence-electron chi connectivity index (χ2n) is 7.82. The molecule has 2 heterocycles. The number of hydrogen-bond donors (Lipinski definition) is 1. The first-order chi connectivity index (χ1) is 15.0. The Bertz CT molecular complexity index is 1080. The van der Waals surface area contributed by atoms with Crippen molar-refractivity contribution in [2.45, 2.75) is 32.7 Å². The second-order valence-corrected chi connectivity index (χ2v) is 7.82. The Labute approximate surface area is 180 Å². The van der Waals surface area contributed by atoms with Gasteiger partial charge in [0.05, 0.1) is 17.7 Å². The quantitative estimate of drug-likeness (QED) is 0.472. The maximum Gasteiger partial charge on any atom is 0.293 e. The van der Waals surface area contributed by atoms with Crippen molar-refractivity contribution in [3.05, 3.63) is 81.5 Å². The van der Waals surface area contributed by atoms with Crippen molar-refractivity contribution in [3.63, 3.8) is 0 Å². The van der Waals surface area contributed by atoms with Gasteiger partial charge in [0.1, 0.15) is 11.5 Å². The minimum absolute atomic E-state index is 0.0392. The van der Waals surface area contributed by atoms with Crippen LogP contribution in [0.3, 0.4) is 0 Å². The van der Waals surface area contributed by atoms with E-state index < -0.39 is 10.8 Å². The van der Waals surface area contributed by atoms with E-state index >= 15 is 0 Å². The van der Waals surface area contributed by atoms with Gasteiger partial charge >= 0.3 is 0 Å². The van der Waals surface area contributed by atoms with Crippen LogP contribution in [-0.4, -0.2) is 33.7 Å². The normalized spacial score (nSPS) is 13.8. The summed E-state index contributed by atoms with van der Waals surface area (Å²) in [5.74, 6) is 0.132. The number of aromatic nitrogens is 2. The molecule has 1 amide bonds. The van der Waals surface area contributed by atoms with Gasteiger partial charge in [-0.3, -0.25) is 14.9 Å². The van der Waals surface area contributed by atoms with Gasteiger partial charge in [-0.1, -0.05) is 29.8 Å². The standard InChI is InChI=1S/C23H25N5O3/c1-17-5-7-18(8-6-17)16-27-22(11-12-24-27)25-23(29)19-9-10-20(21(15-19)28(30)31)26-13-3-2-4-14-26/h5-12,15H,2-4,13-14,16H2,1H3,(H,25,29). The monoisotopic (exact) mass is 419 g/mol. The van der Waals surface area contributed by atoms with Crippen LogP contribution in [0.15, 0.2) is 54.7 Å². The zero-order valence-electron chi connectivity index (χ0n) is 17.5. The van der Waals surface area contributed by atoms with Crippen molar-refractivity contribution in [1.29, 1.82) is 0 Å². The Hall–Kier alpha value is -3.68. The van der Waals surface area contributed by atoms with Crippen molar-refractivity contribution in [2.75, 3.05) is 23.3 Å². The zero-order chi connectivity index (χ0) is 21.8. The molecular formula is C23H25N5O3. The fourth-order valence-corrected chi connectivity index (χ4v) is 3.83. The predicted molar refractivity (Wildman–Crippen MR) is 120 cm³/mol. The summed E-state index contributed by atoms with van der Waals surface area (Å²) in [5, 5.41) is 18.8. The lowest BCUT2D eigenvalue weighted by Gasteiger charge is -2.28. The summed E-state index contributed by atoms with van der Waals surface area (Å²) < 4.78 is 1.69. The average Bonchev–Trinajstić information content (AvgIpc) is 3.21. The molecule has 31 heavy (non-hydrogen) atoms. The van der Waals surface area contributed by atoms with Crippen LogP contribution >= 0.6 is 0 Å². The fourth-order valence-electron chi connectivity index (χ4n) is 3.83. The lowest BCUT2D eigenvalue weighted by Crippen LogP contribution is -2.30. The van der Waals surface area contributed by atoms with Gasteiger partial charge in [0.15, 0.2) is 0 Å². The van der Waals surface area contributed by atoms with Crippen molar-refractivity contribution < 1.29 is 9.72 Å². The van der Waals surface area contributed by atoms with Crippen LogP contribution in [-0.2, 0) is 6.54 Å². The predicted octanol–water partition coefficient (Wildman–Crippen LogP) is 4.39. The van der Waals surface area contributed by atoms with Crippen LogP contribution in [0.4, 0.5) is 17.2 Å². The highest BCUT2D eigenvalue weighted by molar-refractivity contribution is 6.04. The summed E-state index contributed by atoms with van der Waals surface area (Å²) in [5.41, 5.74) is 3.02. The molecule has 0 saturated carbocycles. The minimum Gasteiger partial charge on any atom is -0.366 e. The number of anilines is 2. The van der Waals surface area contributed by atoms with E-state index in [1.54, 1.807) is 29.1 Å². The molecule has 0 unspecified atom stereocenters. The number of nitro benzene ring substituents is 1. The molecule has 160 valence electrons. The van der Waals surface area contributed by atoms with Gasteiger partial charge in [-0.05, 0) is 43.9 Å². The van der Waals surface area contributed by atoms with Crippen molar-refractivity contribution in [1.82, 2.24) is 9.78 Å². The van der Waals surface area contributed by atoms with E-state index in [-0.39, 0.29) is 11.3 Å². The summed E-state index contributed by atoms with van der Waals surface area (Å²) in [6, 6.07) is 14.5. The highest BCUT2D eigenvalue weighted by Gasteiger charge is 2.23. The first kappa shape index (κ1) is 20.6. The lowest BCUT2D eigenvalue weighted by atomic mass is 10.1. The van der Waals surface area contributed by atoms with Crippen LogP contribution < -0.4 is 10.2 Å². The molecule has 1 aliphatic rings. The molecule has 3 aromatic rings. The number of carbonyl (C=O) groups is 1. The molecule has 0 spiro atoms. The van der Waals surface area contributed by atoms with Gasteiger partial charge in [-0.15, -0.1) is 0 Å². The fraction of sp³-hybridized carbons (Fsp3) is 0.304. The van der Waals surface area contributed by atoms with E-state index in [4.69, 9.17) is 0 Å². The summed E-state index contributed by atoms with van der Waals surface area (Å²) in [4.78, 5) is 26.1. The Morgan fingerprint density at radius 3 is 2.55 bits per heavy atom. The Kier molecular flexibility index (Phi) is 5.97. The number of amides is 1. The molecule has 2 aromatic carbocycles. The van der Waals surface area contributed by atoms with E-state index in [1.165, 1.54) is 11.6 Å². The molecule has 1 aliphatic heterocycles. The number of rotatable bonds is 6. The minimum atomic E-state index is -0.414. The number of carbonyl (C=O) groups excluding carboxylic acids is 1. The van der Waals surface area contributed by atoms with Crippen molar-refractivity contribution in [3.8, 4) is 0 Å². The molecule has 8 heteroatoms. The number of nitro groups is 1. The van der Waals surface area contributed by atoms with Crippen LogP contribution in [0.25, 0.3) is 0 Å². The van der Waals surface area contributed by atoms with Crippen LogP contribution in [0.1, 0.15) is 40.7 Å². The van der Waals surface area contributed by atoms with Crippen molar-refractivity contribution in [2.24, 2.45) is 0 Å². The molecule has 0 aliphatic carbocycles. The second kappa shape index (κ2) is 8.99. The molecule has 4 rings (SSSR count). The number of nitrogens with one attached hydrogen (secondary N) is 1. The van der Waals surface area contributed by atoms with Crippen molar-refractivity contribution >= 4 is 23.1 Å². The summed E-state index contributed by atoms with van der Waals surface area (Å²) in [6.45, 7) is 4.13. The van der Waals surface area contributed by atoms with Gasteiger partial charge < -0.3 is 10.2 Å². The van der Waals surface area contributed by atoms with Crippen LogP contribution in [0.2, 0.25) is 0 Å². The lowest BCUT2D eigenvalue weighted by molar-refractivity contribution is -0.384. The third-order valence-corrected chi connectivity index (χ3v) is 5.54. The molecule has 1 saturated heterocycles. The molecule has 0 atom stereocenters. The van der Waals surface area contributed by atoms with Gasteiger partial charge in [-0.2, -0.15) is 5.10 Å². The molecule has 8 nitrogen and oxygen atoms in total. The van der Waals surface area contributed by atoms with E-state index in [1.807, 2.05) is 36.1 Å². The number of aryl methyl sites for hydroxylation is 1. The number of hydrogen-bond acceptors (Lipinski definition) is 5. The van der Waals surface area contributed by atoms with Crippen LogP contribution in [0.5, 0.6) is 0 Å². The van der Waals surface area contributed by atoms with E-state index in [0.29, 0.717) is 18.1 Å². The van der Waals surface area contributed by atoms with E-state index in [2.05, 4.69) is 10.4 Å². The summed E-state index contributed by atoms with van der Waals surface area (Å²) in [7, 11) is 0. The smallest absolute Gasteiger partial charge is 0.293 e. The zero-order valence-corrected chi connectivity index (χ0v) is 17.5. The average molecular weight is 419 g/mol. The largest absolute Gasteiger partial charge is 0.366 e. The van der Waals surface area contributed by atoms with Gasteiger partial charge in [0.25, 0.3) is 11.6 Å². The molecule has 0 bridgehead atoms. The van der Waals surface area contributed by atoms with Gasteiger partial charge in [-0.25, -0.2) is 4.68 Å². The number of piperidine rings is 1. The number of benzene rings is 2. The molecule has 1 N–H and O–H groups in total. The maximum atomic E-state index is 12.8. The summed E-state index contributed by atoms with van der Waals surface area (Å²) >= 11 is 0. The first-order valence-corrected chi connectivity index (χ1v) is 10.4. The SMILES string of the molecule is Cc1ccc(Cn2nccc2NC(=O)c2ccc(N3CCCCC3)c([N+](=O)[O-])c2)cc1. The molecule has 1 aromatic heterocycles. The third kappa shape index (κ3) is 4.74. The van der Waals surface area contributed by atoms with E-state index in [9.17, 15) is 14.9 Å². The van der Waals surface area contributed by atoms with Gasteiger partial charge in [0.2, 0.25) is 0 Å². The Morgan fingerprint density at radius 1 is 1.10 bits per heavy atom. The molecular weight excluding hydrogens is 394 g/mol. The highest BCUT2D eigenvalue weighted by atomic mass is 16.6. The Morgan fingerprint density at radius 2 is 1.84 bits per heavy atom. The highest BCUT2D eigenvalue weighted by Crippen LogP contribution is 2.31. The third-order valence-electron chi connectivity index (χ3n) is 5.54. The topological polar surface area (TPSA) is 93.3 Å². The van der Waals surface area contributed by atoms with Crippen LogP contribution in [0, 0.1) is 17.0 Å². The maximum absolute atomic E-state index is 12.8. The first-order valence-electron chi connectivity index (χ1n) is 10.4. The molecule has 1 fully saturated rings. The Balaban J connectivity index is 1.52. The summed E-state index contributed by atoms with van der Waals surface area (Å²) in [6.07, 6.45) is 4.79. The van der Waals surface area contributed by atoms with E-state index in [0.717, 1.165) is 37.9 Å². The van der Waals surface area contributed by atoms with Gasteiger partial charge in [0, 0.05) is 30.8 Å². The number of nitrogens with zero attached hydrogens (tertiary/aromatic N) is 4.